The Hall–Kier alpha value is -1.89. The van der Waals surface area contributed by atoms with Crippen LogP contribution in [-0.2, 0) is 0 Å². The smallest absolute Gasteiger partial charge is 0.175 e. The van der Waals surface area contributed by atoms with Gasteiger partial charge in [-0.05, 0) is 28.1 Å². The molecule has 0 aliphatic rings. The number of nitrogens with one attached hydrogen (secondary N) is 1. The molecule has 1 heterocycles. The van der Waals surface area contributed by atoms with Crippen LogP contribution in [-0.4, -0.2) is 10.2 Å². The van der Waals surface area contributed by atoms with E-state index in [4.69, 9.17) is 11.5 Å². The summed E-state index contributed by atoms with van der Waals surface area (Å²) in [5, 5.41) is 14.2. The van der Waals surface area contributed by atoms with Crippen LogP contribution in [0.3, 0.4) is 0 Å². The first-order chi connectivity index (χ1) is 7.68. The van der Waals surface area contributed by atoms with E-state index in [2.05, 4.69) is 36.4 Å². The molecular weight excluding hydrogens is 272 g/mol. The highest BCUT2D eigenvalue weighted by atomic mass is 79.9. The Bertz CT molecular complexity index is 513. The van der Waals surface area contributed by atoms with Crippen molar-refractivity contribution in [1.82, 2.24) is 10.2 Å². The van der Waals surface area contributed by atoms with Gasteiger partial charge in [-0.1, -0.05) is 12.1 Å². The summed E-state index contributed by atoms with van der Waals surface area (Å²) < 4.78 is 0.847. The van der Waals surface area contributed by atoms with E-state index in [1.54, 1.807) is 0 Å². The summed E-state index contributed by atoms with van der Waals surface area (Å²) in [5.74, 6) is 0.529. The lowest BCUT2D eigenvalue weighted by molar-refractivity contribution is 1.11. The lowest BCUT2D eigenvalue weighted by atomic mass is 10.3. The first kappa shape index (κ1) is 10.6. The maximum Gasteiger partial charge on any atom is 0.175 e. The molecule has 1 aromatic carbocycles. The summed E-state index contributed by atoms with van der Waals surface area (Å²) in [5.41, 5.74) is 12.2. The fraction of sp³-hybridized carbons (Fsp3) is 0. The predicted molar refractivity (Wildman–Crippen MR) is 65.7 cm³/mol. The van der Waals surface area contributed by atoms with Crippen molar-refractivity contribution in [2.75, 3.05) is 11.5 Å². The zero-order valence-electron chi connectivity index (χ0n) is 8.18. The largest absolute Gasteiger partial charge is 0.382 e. The number of hydrogen-bond donors (Lipinski definition) is 3. The number of aromatic amines is 1. The van der Waals surface area contributed by atoms with E-state index >= 15 is 0 Å². The molecule has 0 atom stereocenters. The number of hydrogen-bond acceptors (Lipinski definition) is 5. The minimum Gasteiger partial charge on any atom is -0.382 e. The second-order valence-electron chi connectivity index (χ2n) is 3.02. The van der Waals surface area contributed by atoms with E-state index in [0.29, 0.717) is 17.2 Å². The Morgan fingerprint density at radius 3 is 2.56 bits per heavy atom. The molecule has 0 fully saturated rings. The topological polar surface area (TPSA) is 105 Å². The average molecular weight is 281 g/mol. The number of aromatic nitrogens is 2. The molecule has 0 amide bonds. The SMILES string of the molecule is Nc1n[nH]c(N)c1N=Nc1ccccc1Br. The summed E-state index contributed by atoms with van der Waals surface area (Å²) in [4.78, 5) is 0. The molecule has 0 spiro atoms. The summed E-state index contributed by atoms with van der Waals surface area (Å²) in [6.07, 6.45) is 0. The molecule has 5 N–H and O–H groups in total. The molecule has 0 unspecified atom stereocenters. The van der Waals surface area contributed by atoms with Gasteiger partial charge < -0.3 is 11.5 Å². The van der Waals surface area contributed by atoms with Crippen LogP contribution in [0.1, 0.15) is 0 Å². The lowest BCUT2D eigenvalue weighted by Gasteiger charge is -1.95. The molecule has 0 aliphatic carbocycles. The monoisotopic (exact) mass is 280 g/mol. The van der Waals surface area contributed by atoms with Crippen molar-refractivity contribution in [1.29, 1.82) is 0 Å². The van der Waals surface area contributed by atoms with Crippen molar-refractivity contribution in [3.05, 3.63) is 28.7 Å². The van der Waals surface area contributed by atoms with Gasteiger partial charge in [-0.25, -0.2) is 0 Å². The van der Waals surface area contributed by atoms with Gasteiger partial charge in [0.2, 0.25) is 0 Å². The van der Waals surface area contributed by atoms with Gasteiger partial charge >= 0.3 is 0 Å². The first-order valence-corrected chi connectivity index (χ1v) is 5.23. The number of halogens is 1. The highest BCUT2D eigenvalue weighted by Crippen LogP contribution is 2.30. The molecule has 1 aromatic heterocycles. The Morgan fingerprint density at radius 2 is 1.94 bits per heavy atom. The Morgan fingerprint density at radius 1 is 1.19 bits per heavy atom. The Balaban J connectivity index is 2.32. The number of anilines is 2. The normalized spacial score (nSPS) is 11.1. The van der Waals surface area contributed by atoms with Gasteiger partial charge in [-0.2, -0.15) is 5.10 Å². The van der Waals surface area contributed by atoms with Crippen molar-refractivity contribution in [3.63, 3.8) is 0 Å². The van der Waals surface area contributed by atoms with Gasteiger partial charge in [0.1, 0.15) is 5.82 Å². The number of nitrogens with zero attached hydrogens (tertiary/aromatic N) is 3. The molecule has 82 valence electrons. The molecule has 0 saturated carbocycles. The average Bonchev–Trinajstić information content (AvgIpc) is 2.58. The van der Waals surface area contributed by atoms with E-state index in [9.17, 15) is 0 Å². The second kappa shape index (κ2) is 4.31. The number of nitrogen functional groups attached to an aromatic ring is 2. The molecule has 0 saturated heterocycles. The summed E-state index contributed by atoms with van der Waals surface area (Å²) in [7, 11) is 0. The zero-order chi connectivity index (χ0) is 11.5. The Labute approximate surface area is 99.9 Å². The van der Waals surface area contributed by atoms with Crippen LogP contribution < -0.4 is 11.5 Å². The number of H-pyrrole nitrogens is 1. The highest BCUT2D eigenvalue weighted by molar-refractivity contribution is 9.10. The van der Waals surface area contributed by atoms with Crippen molar-refractivity contribution in [2.24, 2.45) is 10.2 Å². The zero-order valence-corrected chi connectivity index (χ0v) is 9.77. The summed E-state index contributed by atoms with van der Waals surface area (Å²) >= 11 is 3.36. The van der Waals surface area contributed by atoms with Gasteiger partial charge in [0.15, 0.2) is 11.5 Å². The maximum absolute atomic E-state index is 5.58. The number of azo groups is 1. The van der Waals surface area contributed by atoms with Crippen LogP contribution in [0.2, 0.25) is 0 Å². The minimum atomic E-state index is 0.230. The molecule has 0 radical (unpaired) electrons. The minimum absolute atomic E-state index is 0.230. The quantitative estimate of drug-likeness (QED) is 0.737. The second-order valence-corrected chi connectivity index (χ2v) is 3.88. The molecule has 0 aliphatic heterocycles. The van der Waals surface area contributed by atoms with Crippen molar-refractivity contribution >= 4 is 38.9 Å². The predicted octanol–water partition coefficient (Wildman–Crippen LogP) is 2.75. The van der Waals surface area contributed by atoms with Crippen LogP contribution in [0, 0.1) is 0 Å². The van der Waals surface area contributed by atoms with Crippen molar-refractivity contribution < 1.29 is 0 Å². The van der Waals surface area contributed by atoms with Crippen LogP contribution >= 0.6 is 15.9 Å². The molecule has 2 aromatic rings. The fourth-order valence-corrected chi connectivity index (χ4v) is 1.47. The van der Waals surface area contributed by atoms with Crippen LogP contribution in [0.4, 0.5) is 23.0 Å². The maximum atomic E-state index is 5.58. The fourth-order valence-electron chi connectivity index (χ4n) is 1.11. The summed E-state index contributed by atoms with van der Waals surface area (Å²) in [6.45, 7) is 0. The summed E-state index contributed by atoms with van der Waals surface area (Å²) in [6, 6.07) is 7.45. The molecule has 2 rings (SSSR count). The standard InChI is InChI=1S/C9H9BrN6/c10-5-3-1-2-4-6(5)13-14-7-8(11)15-16-9(7)12/h1-4H,(H5,11,12,15,16). The molecule has 16 heavy (non-hydrogen) atoms. The first-order valence-electron chi connectivity index (χ1n) is 4.44. The van der Waals surface area contributed by atoms with Crippen LogP contribution in [0.5, 0.6) is 0 Å². The van der Waals surface area contributed by atoms with Gasteiger partial charge in [-0.3, -0.25) is 5.10 Å². The molecule has 7 heteroatoms. The van der Waals surface area contributed by atoms with E-state index in [1.807, 2.05) is 24.3 Å². The third-order valence-corrected chi connectivity index (χ3v) is 2.58. The lowest BCUT2D eigenvalue weighted by Crippen LogP contribution is -1.84. The number of nitrogens with two attached hydrogens (primary N) is 2. The molecule has 0 bridgehead atoms. The van der Waals surface area contributed by atoms with E-state index in [1.165, 1.54) is 0 Å². The van der Waals surface area contributed by atoms with Crippen LogP contribution in [0.25, 0.3) is 0 Å². The number of rotatable bonds is 2. The van der Waals surface area contributed by atoms with E-state index in [0.717, 1.165) is 4.47 Å². The van der Waals surface area contributed by atoms with Gasteiger partial charge in [0, 0.05) is 4.47 Å². The van der Waals surface area contributed by atoms with Gasteiger partial charge in [0.25, 0.3) is 0 Å². The van der Waals surface area contributed by atoms with Gasteiger partial charge in [-0.15, -0.1) is 10.2 Å². The Kier molecular flexibility index (Phi) is 2.86. The third-order valence-electron chi connectivity index (χ3n) is 1.90. The number of benzene rings is 1. The highest BCUT2D eigenvalue weighted by Gasteiger charge is 2.06. The molecular formula is C9H9BrN6. The molecule has 6 nitrogen and oxygen atoms in total. The van der Waals surface area contributed by atoms with Crippen molar-refractivity contribution in [3.8, 4) is 0 Å². The van der Waals surface area contributed by atoms with Crippen molar-refractivity contribution in [2.45, 2.75) is 0 Å². The van der Waals surface area contributed by atoms with E-state index in [-0.39, 0.29) is 5.82 Å². The third kappa shape index (κ3) is 2.03. The van der Waals surface area contributed by atoms with Crippen LogP contribution in [0.15, 0.2) is 39.0 Å². The van der Waals surface area contributed by atoms with Gasteiger partial charge in [0.05, 0.1) is 5.69 Å². The van der Waals surface area contributed by atoms with E-state index < -0.39 is 0 Å².